The molecule has 1 aromatic heterocycles. The molecule has 1 heterocycles. The highest BCUT2D eigenvalue weighted by atomic mass is 79.9. The lowest BCUT2D eigenvalue weighted by Gasteiger charge is -2.18. The summed E-state index contributed by atoms with van der Waals surface area (Å²) in [4.78, 5) is 0. The molecule has 20 heavy (non-hydrogen) atoms. The number of aryl methyl sites for hydroxylation is 2. The second-order valence-electron chi connectivity index (χ2n) is 4.82. The number of hydrogen-bond donors (Lipinski definition) is 1. The number of benzene rings is 1. The van der Waals surface area contributed by atoms with Crippen molar-refractivity contribution in [1.29, 1.82) is 0 Å². The van der Waals surface area contributed by atoms with Crippen LogP contribution in [0.4, 0.5) is 0 Å². The molecule has 0 radical (unpaired) electrons. The number of hydrogen-bond acceptors (Lipinski definition) is 3. The van der Waals surface area contributed by atoms with E-state index in [0.29, 0.717) is 0 Å². The summed E-state index contributed by atoms with van der Waals surface area (Å²) >= 11 is 3.58. The van der Waals surface area contributed by atoms with Crippen LogP contribution in [-0.2, 0) is 6.54 Å². The fourth-order valence-corrected chi connectivity index (χ4v) is 2.78. The van der Waals surface area contributed by atoms with Gasteiger partial charge in [-0.15, -0.1) is 0 Å². The molecule has 4 nitrogen and oxygen atoms in total. The first kappa shape index (κ1) is 15.1. The van der Waals surface area contributed by atoms with Gasteiger partial charge in [-0.3, -0.25) is 4.68 Å². The molecule has 0 aliphatic heterocycles. The molecule has 1 unspecified atom stereocenters. The Labute approximate surface area is 128 Å². The highest BCUT2D eigenvalue weighted by Gasteiger charge is 2.21. The standard InChI is InChI=1S/C15H20BrN3O/c1-4-7-19-15(13(20-3)9-18-19)14(17)11-8-10(2)5-6-12(11)16/h5-6,8-9,14H,4,7,17H2,1-3H3. The molecule has 0 amide bonds. The molecule has 0 aliphatic rings. The minimum absolute atomic E-state index is 0.270. The lowest BCUT2D eigenvalue weighted by atomic mass is 10.0. The number of ether oxygens (including phenoxy) is 1. The van der Waals surface area contributed by atoms with E-state index >= 15 is 0 Å². The zero-order valence-electron chi connectivity index (χ0n) is 12.1. The maximum Gasteiger partial charge on any atom is 0.161 e. The maximum atomic E-state index is 6.47. The highest BCUT2D eigenvalue weighted by Crippen LogP contribution is 2.32. The van der Waals surface area contributed by atoms with Gasteiger partial charge in [-0.25, -0.2) is 0 Å². The fraction of sp³-hybridized carbons (Fsp3) is 0.400. The van der Waals surface area contributed by atoms with Crippen molar-refractivity contribution >= 4 is 15.9 Å². The third-order valence-electron chi connectivity index (χ3n) is 3.28. The van der Waals surface area contributed by atoms with Crippen molar-refractivity contribution in [1.82, 2.24) is 9.78 Å². The van der Waals surface area contributed by atoms with Crippen LogP contribution in [0.2, 0.25) is 0 Å². The smallest absolute Gasteiger partial charge is 0.161 e. The van der Waals surface area contributed by atoms with Crippen LogP contribution in [0.25, 0.3) is 0 Å². The zero-order valence-corrected chi connectivity index (χ0v) is 13.6. The van der Waals surface area contributed by atoms with Crippen LogP contribution in [0, 0.1) is 6.92 Å². The van der Waals surface area contributed by atoms with Gasteiger partial charge in [0.1, 0.15) is 5.69 Å². The van der Waals surface area contributed by atoms with E-state index in [0.717, 1.165) is 34.4 Å². The summed E-state index contributed by atoms with van der Waals surface area (Å²) in [6, 6.07) is 5.91. The van der Waals surface area contributed by atoms with Gasteiger partial charge in [-0.05, 0) is 25.0 Å². The quantitative estimate of drug-likeness (QED) is 0.909. The topological polar surface area (TPSA) is 53.1 Å². The summed E-state index contributed by atoms with van der Waals surface area (Å²) < 4.78 is 8.34. The van der Waals surface area contributed by atoms with Crippen molar-refractivity contribution < 1.29 is 4.74 Å². The van der Waals surface area contributed by atoms with E-state index < -0.39 is 0 Å². The molecule has 1 atom stereocenters. The molecule has 0 aliphatic carbocycles. The van der Waals surface area contributed by atoms with Crippen molar-refractivity contribution in [3.8, 4) is 5.75 Å². The Kier molecular flexibility index (Phi) is 4.83. The molecule has 0 saturated heterocycles. The first-order valence-electron chi connectivity index (χ1n) is 6.69. The molecule has 0 saturated carbocycles. The van der Waals surface area contributed by atoms with Gasteiger partial charge in [0.2, 0.25) is 0 Å². The molecular weight excluding hydrogens is 318 g/mol. The summed E-state index contributed by atoms with van der Waals surface area (Å²) in [6.45, 7) is 5.01. The molecular formula is C15H20BrN3O. The van der Waals surface area contributed by atoms with E-state index in [4.69, 9.17) is 10.5 Å². The Morgan fingerprint density at radius 3 is 2.85 bits per heavy atom. The Morgan fingerprint density at radius 1 is 1.45 bits per heavy atom. The Bertz CT molecular complexity index is 595. The van der Waals surface area contributed by atoms with E-state index in [1.807, 2.05) is 10.7 Å². The average Bonchev–Trinajstić information content (AvgIpc) is 2.84. The largest absolute Gasteiger partial charge is 0.493 e. The van der Waals surface area contributed by atoms with Gasteiger partial charge < -0.3 is 10.5 Å². The third-order valence-corrected chi connectivity index (χ3v) is 4.00. The second-order valence-corrected chi connectivity index (χ2v) is 5.68. The second kappa shape index (κ2) is 6.41. The van der Waals surface area contributed by atoms with Crippen LogP contribution in [0.5, 0.6) is 5.75 Å². The van der Waals surface area contributed by atoms with Crippen LogP contribution in [0.1, 0.15) is 36.2 Å². The van der Waals surface area contributed by atoms with Crippen molar-refractivity contribution in [3.05, 3.63) is 45.7 Å². The van der Waals surface area contributed by atoms with Crippen LogP contribution in [0.15, 0.2) is 28.9 Å². The minimum Gasteiger partial charge on any atom is -0.493 e. The van der Waals surface area contributed by atoms with Crippen molar-refractivity contribution in [3.63, 3.8) is 0 Å². The van der Waals surface area contributed by atoms with Gasteiger partial charge in [-0.1, -0.05) is 40.5 Å². The van der Waals surface area contributed by atoms with Crippen molar-refractivity contribution in [2.24, 2.45) is 5.73 Å². The van der Waals surface area contributed by atoms with E-state index in [1.54, 1.807) is 13.3 Å². The summed E-state index contributed by atoms with van der Waals surface area (Å²) in [5.74, 6) is 0.736. The Morgan fingerprint density at radius 2 is 2.20 bits per heavy atom. The first-order valence-corrected chi connectivity index (χ1v) is 7.49. The van der Waals surface area contributed by atoms with Gasteiger partial charge in [0.05, 0.1) is 19.3 Å². The summed E-state index contributed by atoms with van der Waals surface area (Å²) in [6.07, 6.45) is 2.73. The molecule has 0 bridgehead atoms. The predicted octanol–water partition coefficient (Wildman–Crippen LogP) is 3.42. The van der Waals surface area contributed by atoms with Gasteiger partial charge in [0.25, 0.3) is 0 Å². The minimum atomic E-state index is -0.270. The van der Waals surface area contributed by atoms with Crippen LogP contribution < -0.4 is 10.5 Å². The molecule has 0 fully saturated rings. The highest BCUT2D eigenvalue weighted by molar-refractivity contribution is 9.10. The van der Waals surface area contributed by atoms with Crippen molar-refractivity contribution in [2.75, 3.05) is 7.11 Å². The van der Waals surface area contributed by atoms with E-state index in [9.17, 15) is 0 Å². The normalized spacial score (nSPS) is 12.4. The molecule has 1 aromatic carbocycles. The van der Waals surface area contributed by atoms with Crippen LogP contribution in [0.3, 0.4) is 0 Å². The van der Waals surface area contributed by atoms with Crippen LogP contribution >= 0.6 is 15.9 Å². The molecule has 108 valence electrons. The monoisotopic (exact) mass is 337 g/mol. The van der Waals surface area contributed by atoms with Gasteiger partial charge in [0, 0.05) is 11.0 Å². The fourth-order valence-electron chi connectivity index (χ4n) is 2.29. The molecule has 5 heteroatoms. The average molecular weight is 338 g/mol. The number of rotatable bonds is 5. The number of nitrogens with two attached hydrogens (primary N) is 1. The third kappa shape index (κ3) is 2.88. The number of halogens is 1. The van der Waals surface area contributed by atoms with E-state index in [2.05, 4.69) is 47.0 Å². The van der Waals surface area contributed by atoms with Gasteiger partial charge >= 0.3 is 0 Å². The summed E-state index contributed by atoms with van der Waals surface area (Å²) in [5.41, 5.74) is 9.61. The molecule has 0 spiro atoms. The molecule has 2 aromatic rings. The van der Waals surface area contributed by atoms with Gasteiger partial charge in [0.15, 0.2) is 5.75 Å². The summed E-state index contributed by atoms with van der Waals surface area (Å²) in [5, 5.41) is 4.37. The molecule has 2 N–H and O–H groups in total. The first-order chi connectivity index (χ1) is 9.58. The summed E-state index contributed by atoms with van der Waals surface area (Å²) in [7, 11) is 1.65. The Balaban J connectivity index is 2.48. The van der Waals surface area contributed by atoms with E-state index in [1.165, 1.54) is 5.56 Å². The van der Waals surface area contributed by atoms with Crippen LogP contribution in [-0.4, -0.2) is 16.9 Å². The Hall–Kier alpha value is -1.33. The van der Waals surface area contributed by atoms with Crippen molar-refractivity contribution in [2.45, 2.75) is 32.9 Å². The SMILES string of the molecule is CCCn1ncc(OC)c1C(N)c1cc(C)ccc1Br. The van der Waals surface area contributed by atoms with Gasteiger partial charge in [-0.2, -0.15) is 5.10 Å². The lowest BCUT2D eigenvalue weighted by Crippen LogP contribution is -2.19. The zero-order chi connectivity index (χ0) is 14.7. The number of aromatic nitrogens is 2. The lowest BCUT2D eigenvalue weighted by molar-refractivity contribution is 0.404. The van der Waals surface area contributed by atoms with E-state index in [-0.39, 0.29) is 6.04 Å². The predicted molar refractivity (Wildman–Crippen MR) is 84.0 cm³/mol. The molecule has 2 rings (SSSR count). The maximum absolute atomic E-state index is 6.47. The number of methoxy groups -OCH3 is 1. The number of nitrogens with zero attached hydrogens (tertiary/aromatic N) is 2.